The van der Waals surface area contributed by atoms with Crippen molar-refractivity contribution in [3.8, 4) is 0 Å². The van der Waals surface area contributed by atoms with E-state index in [1.807, 2.05) is 0 Å². The Morgan fingerprint density at radius 2 is 2.29 bits per heavy atom. The Morgan fingerprint density at radius 1 is 1.38 bits per heavy atom. The maximum absolute atomic E-state index is 11.4. The molecule has 3 saturated heterocycles. The average Bonchev–Trinajstić information content (AvgIpc) is 2.95. The van der Waals surface area contributed by atoms with E-state index < -0.39 is 0 Å². The number of morpholine rings is 1. The molecule has 3 aliphatic heterocycles. The highest BCUT2D eigenvalue weighted by molar-refractivity contribution is 5.69. The van der Waals surface area contributed by atoms with Crippen molar-refractivity contribution in [2.45, 2.75) is 43.4 Å². The molecular weight excluding hydrogens is 274 g/mol. The molecule has 0 N–H and O–H groups in total. The van der Waals surface area contributed by atoms with Crippen LogP contribution >= 0.6 is 0 Å². The average molecular weight is 299 g/mol. The first kappa shape index (κ1) is 15.2. The summed E-state index contributed by atoms with van der Waals surface area (Å²) in [6.07, 6.45) is 3.36. The number of ether oxygens (including phenoxy) is 4. The lowest BCUT2D eigenvalue weighted by molar-refractivity contribution is -0.149. The molecule has 0 aliphatic carbocycles. The summed E-state index contributed by atoms with van der Waals surface area (Å²) >= 11 is 0. The zero-order valence-electron chi connectivity index (χ0n) is 12.7. The molecule has 1 spiro atoms. The summed E-state index contributed by atoms with van der Waals surface area (Å²) in [5, 5.41) is 0. The summed E-state index contributed by atoms with van der Waals surface area (Å²) in [6, 6.07) is 0.504. The summed E-state index contributed by atoms with van der Waals surface area (Å²) < 4.78 is 22.0. The Balaban J connectivity index is 1.56. The minimum Gasteiger partial charge on any atom is -0.469 e. The normalized spacial score (nSPS) is 37.8. The number of rotatable bonds is 3. The van der Waals surface area contributed by atoms with Crippen LogP contribution in [0.2, 0.25) is 0 Å². The van der Waals surface area contributed by atoms with Crippen molar-refractivity contribution in [1.29, 1.82) is 0 Å². The van der Waals surface area contributed by atoms with E-state index >= 15 is 0 Å². The summed E-state index contributed by atoms with van der Waals surface area (Å²) in [5.41, 5.74) is -0.0704. The molecule has 120 valence electrons. The van der Waals surface area contributed by atoms with E-state index in [2.05, 4.69) is 4.90 Å². The van der Waals surface area contributed by atoms with Gasteiger partial charge in [0.25, 0.3) is 0 Å². The van der Waals surface area contributed by atoms with Gasteiger partial charge in [-0.15, -0.1) is 0 Å². The molecule has 3 aliphatic rings. The van der Waals surface area contributed by atoms with Crippen LogP contribution in [0.25, 0.3) is 0 Å². The quantitative estimate of drug-likeness (QED) is 0.711. The highest BCUT2D eigenvalue weighted by Crippen LogP contribution is 2.35. The van der Waals surface area contributed by atoms with Gasteiger partial charge in [0, 0.05) is 38.8 Å². The maximum atomic E-state index is 11.4. The van der Waals surface area contributed by atoms with E-state index in [9.17, 15) is 4.79 Å². The Morgan fingerprint density at radius 3 is 3.05 bits per heavy atom. The van der Waals surface area contributed by atoms with Crippen LogP contribution in [0.3, 0.4) is 0 Å². The summed E-state index contributed by atoms with van der Waals surface area (Å²) in [6.45, 7) is 4.74. The van der Waals surface area contributed by atoms with Crippen molar-refractivity contribution in [3.63, 3.8) is 0 Å². The molecule has 3 fully saturated rings. The molecule has 6 nitrogen and oxygen atoms in total. The number of carbonyl (C=O) groups is 1. The fourth-order valence-electron chi connectivity index (χ4n) is 3.64. The van der Waals surface area contributed by atoms with Crippen LogP contribution in [0.15, 0.2) is 0 Å². The van der Waals surface area contributed by atoms with Crippen molar-refractivity contribution in [3.05, 3.63) is 0 Å². The third-order valence-electron chi connectivity index (χ3n) is 4.84. The molecule has 3 atom stereocenters. The molecule has 0 aromatic heterocycles. The van der Waals surface area contributed by atoms with E-state index in [1.165, 1.54) is 7.11 Å². The highest BCUT2D eigenvalue weighted by atomic mass is 16.6. The van der Waals surface area contributed by atoms with E-state index in [1.54, 1.807) is 0 Å². The minimum absolute atomic E-state index is 0.0511. The number of nitrogens with zero attached hydrogens (tertiary/aromatic N) is 1. The van der Waals surface area contributed by atoms with Crippen molar-refractivity contribution < 1.29 is 23.7 Å². The second-order valence-corrected chi connectivity index (χ2v) is 6.25. The molecule has 3 unspecified atom stereocenters. The van der Waals surface area contributed by atoms with E-state index in [0.29, 0.717) is 19.1 Å². The first-order valence-corrected chi connectivity index (χ1v) is 7.85. The highest BCUT2D eigenvalue weighted by Gasteiger charge is 2.43. The van der Waals surface area contributed by atoms with Crippen LogP contribution < -0.4 is 0 Å². The monoisotopic (exact) mass is 299 g/mol. The van der Waals surface area contributed by atoms with Crippen LogP contribution in [-0.2, 0) is 23.7 Å². The lowest BCUT2D eigenvalue weighted by atomic mass is 9.88. The number of esters is 1. The second-order valence-electron chi connectivity index (χ2n) is 6.25. The molecule has 0 saturated carbocycles. The number of hydrogen-bond acceptors (Lipinski definition) is 6. The van der Waals surface area contributed by atoms with Crippen molar-refractivity contribution in [1.82, 2.24) is 4.90 Å². The third kappa shape index (κ3) is 3.56. The Kier molecular flexibility index (Phi) is 4.78. The SMILES string of the molecule is COC(=O)CC1CN(C2CCOC3(CCOC3)C2)CCO1. The predicted octanol–water partition coefficient (Wildman–Crippen LogP) is 0.588. The van der Waals surface area contributed by atoms with Gasteiger partial charge in [0.15, 0.2) is 0 Å². The van der Waals surface area contributed by atoms with Gasteiger partial charge < -0.3 is 18.9 Å². The van der Waals surface area contributed by atoms with Gasteiger partial charge in [-0.25, -0.2) is 0 Å². The lowest BCUT2D eigenvalue weighted by Crippen LogP contribution is -2.54. The zero-order chi connectivity index (χ0) is 14.7. The van der Waals surface area contributed by atoms with Crippen molar-refractivity contribution >= 4 is 5.97 Å². The largest absolute Gasteiger partial charge is 0.469 e. The second kappa shape index (κ2) is 6.60. The smallest absolute Gasteiger partial charge is 0.308 e. The van der Waals surface area contributed by atoms with Gasteiger partial charge in [-0.3, -0.25) is 9.69 Å². The van der Waals surface area contributed by atoms with Gasteiger partial charge in [0.2, 0.25) is 0 Å². The van der Waals surface area contributed by atoms with Gasteiger partial charge in [0.05, 0.1) is 38.4 Å². The van der Waals surface area contributed by atoms with Gasteiger partial charge in [-0.2, -0.15) is 0 Å². The van der Waals surface area contributed by atoms with Crippen LogP contribution in [0.4, 0.5) is 0 Å². The lowest BCUT2D eigenvalue weighted by Gasteiger charge is -2.44. The van der Waals surface area contributed by atoms with Gasteiger partial charge >= 0.3 is 5.97 Å². The Hall–Kier alpha value is -0.690. The predicted molar refractivity (Wildman–Crippen MR) is 75.1 cm³/mol. The Labute approximate surface area is 125 Å². The standard InChI is InChI=1S/C15H25NO5/c1-18-14(17)8-13-10-16(4-7-20-13)12-2-5-21-15(9-12)3-6-19-11-15/h12-13H,2-11H2,1H3. The van der Waals surface area contributed by atoms with Crippen LogP contribution in [0.1, 0.15) is 25.7 Å². The van der Waals surface area contributed by atoms with E-state index in [-0.39, 0.29) is 17.7 Å². The molecular formula is C15H25NO5. The zero-order valence-corrected chi connectivity index (χ0v) is 12.7. The van der Waals surface area contributed by atoms with Crippen molar-refractivity contribution in [2.24, 2.45) is 0 Å². The minimum atomic E-state index is -0.200. The van der Waals surface area contributed by atoms with Crippen molar-refractivity contribution in [2.75, 3.05) is 46.6 Å². The molecule has 0 aromatic carbocycles. The first-order valence-electron chi connectivity index (χ1n) is 7.85. The van der Waals surface area contributed by atoms with Gasteiger partial charge in [0.1, 0.15) is 0 Å². The topological polar surface area (TPSA) is 57.2 Å². The molecule has 0 amide bonds. The molecule has 3 heterocycles. The van der Waals surface area contributed by atoms with Crippen LogP contribution in [-0.4, -0.2) is 75.2 Å². The summed E-state index contributed by atoms with van der Waals surface area (Å²) in [5.74, 6) is -0.200. The van der Waals surface area contributed by atoms with Gasteiger partial charge in [-0.1, -0.05) is 0 Å². The fraction of sp³-hybridized carbons (Fsp3) is 0.933. The molecule has 0 aromatic rings. The number of carbonyl (C=O) groups excluding carboxylic acids is 1. The Bertz CT molecular complexity index is 369. The maximum Gasteiger partial charge on any atom is 0.308 e. The van der Waals surface area contributed by atoms with Crippen LogP contribution in [0, 0.1) is 0 Å². The summed E-state index contributed by atoms with van der Waals surface area (Å²) in [7, 11) is 1.42. The molecule has 21 heavy (non-hydrogen) atoms. The molecule has 3 rings (SSSR count). The fourth-order valence-corrected chi connectivity index (χ4v) is 3.64. The third-order valence-corrected chi connectivity index (χ3v) is 4.84. The number of hydrogen-bond donors (Lipinski definition) is 0. The first-order chi connectivity index (χ1) is 10.2. The van der Waals surface area contributed by atoms with E-state index in [4.69, 9.17) is 18.9 Å². The van der Waals surface area contributed by atoms with Crippen LogP contribution in [0.5, 0.6) is 0 Å². The molecule has 0 bridgehead atoms. The number of methoxy groups -OCH3 is 1. The van der Waals surface area contributed by atoms with Gasteiger partial charge in [-0.05, 0) is 12.8 Å². The van der Waals surface area contributed by atoms with E-state index in [0.717, 1.165) is 52.2 Å². The molecule has 6 heteroatoms. The summed E-state index contributed by atoms with van der Waals surface area (Å²) in [4.78, 5) is 13.9. The molecule has 0 radical (unpaired) electrons.